The molecule has 2 rings (SSSR count). The summed E-state index contributed by atoms with van der Waals surface area (Å²) in [7, 11) is -1.41. The summed E-state index contributed by atoms with van der Waals surface area (Å²) in [5.41, 5.74) is 1.24. The van der Waals surface area contributed by atoms with Crippen molar-refractivity contribution in [1.29, 1.82) is 5.26 Å². The van der Waals surface area contributed by atoms with Gasteiger partial charge in [0.2, 0.25) is 0 Å². The molecule has 0 bridgehead atoms. The first-order valence-electron chi connectivity index (χ1n) is 6.09. The van der Waals surface area contributed by atoms with Crippen LogP contribution in [0, 0.1) is 11.3 Å². The lowest BCUT2D eigenvalue weighted by atomic mass is 10.1. The second-order valence-electron chi connectivity index (χ2n) is 4.62. The lowest BCUT2D eigenvalue weighted by Gasteiger charge is -2.24. The van der Waals surface area contributed by atoms with Crippen LogP contribution in [0.3, 0.4) is 0 Å². The van der Waals surface area contributed by atoms with E-state index >= 15 is 0 Å². The first kappa shape index (κ1) is 13.7. The highest BCUT2D eigenvalue weighted by molar-refractivity contribution is 7.91. The van der Waals surface area contributed by atoms with Gasteiger partial charge in [-0.3, -0.25) is 0 Å². The van der Waals surface area contributed by atoms with Gasteiger partial charge in [-0.05, 0) is 25.0 Å². The molecule has 0 aromatic heterocycles. The van der Waals surface area contributed by atoms with Crippen LogP contribution in [-0.4, -0.2) is 33.1 Å². The summed E-state index contributed by atoms with van der Waals surface area (Å²) in [6, 6.07) is 7.02. The van der Waals surface area contributed by atoms with Gasteiger partial charge in [-0.25, -0.2) is 8.42 Å². The van der Waals surface area contributed by atoms with Crippen molar-refractivity contribution in [3.05, 3.63) is 23.8 Å². The molecule has 0 amide bonds. The van der Waals surface area contributed by atoms with E-state index in [1.165, 1.54) is 7.11 Å². The number of sulfone groups is 1. The van der Waals surface area contributed by atoms with E-state index in [4.69, 9.17) is 10.00 Å². The lowest BCUT2D eigenvalue weighted by Crippen LogP contribution is -2.34. The summed E-state index contributed by atoms with van der Waals surface area (Å²) in [6.45, 7) is 0. The minimum atomic E-state index is -2.94. The van der Waals surface area contributed by atoms with Crippen LogP contribution in [0.2, 0.25) is 0 Å². The summed E-state index contributed by atoms with van der Waals surface area (Å²) >= 11 is 0. The zero-order valence-corrected chi connectivity index (χ0v) is 11.5. The molecule has 6 heteroatoms. The number of nitrogens with one attached hydrogen (secondary N) is 1. The summed E-state index contributed by atoms with van der Waals surface area (Å²) < 4.78 is 28.4. The molecule has 0 aliphatic carbocycles. The molecule has 1 heterocycles. The SMILES string of the molecule is COc1cc(C#N)ccc1NC1CCCS(=O)(=O)C1. The summed E-state index contributed by atoms with van der Waals surface area (Å²) in [4.78, 5) is 0. The molecule has 1 fully saturated rings. The molecule has 1 aliphatic heterocycles. The Bertz CT molecular complexity index is 605. The molecule has 1 atom stereocenters. The highest BCUT2D eigenvalue weighted by Gasteiger charge is 2.25. The third-order valence-electron chi connectivity index (χ3n) is 3.15. The van der Waals surface area contributed by atoms with Gasteiger partial charge in [0.25, 0.3) is 0 Å². The van der Waals surface area contributed by atoms with Gasteiger partial charge in [-0.15, -0.1) is 0 Å². The Hall–Kier alpha value is -1.74. The molecule has 1 unspecified atom stereocenters. The molecule has 0 spiro atoms. The van der Waals surface area contributed by atoms with Gasteiger partial charge >= 0.3 is 0 Å². The van der Waals surface area contributed by atoms with E-state index in [-0.39, 0.29) is 17.5 Å². The molecule has 1 aromatic rings. The molecule has 1 saturated heterocycles. The Labute approximate surface area is 113 Å². The second-order valence-corrected chi connectivity index (χ2v) is 6.85. The number of ether oxygens (including phenoxy) is 1. The Balaban J connectivity index is 2.17. The number of nitriles is 1. The molecule has 1 aromatic carbocycles. The standard InChI is InChI=1S/C13H16N2O3S/c1-18-13-7-10(8-14)4-5-12(13)15-11-3-2-6-19(16,17)9-11/h4-5,7,11,15H,2-3,6,9H2,1H3. The second kappa shape index (κ2) is 5.49. The maximum atomic E-state index is 11.6. The van der Waals surface area contributed by atoms with E-state index < -0.39 is 9.84 Å². The van der Waals surface area contributed by atoms with Crippen LogP contribution in [0.4, 0.5) is 5.69 Å². The maximum absolute atomic E-state index is 11.6. The van der Waals surface area contributed by atoms with Crippen molar-refractivity contribution in [2.24, 2.45) is 0 Å². The van der Waals surface area contributed by atoms with E-state index in [0.717, 1.165) is 12.1 Å². The summed E-state index contributed by atoms with van der Waals surface area (Å²) in [6.07, 6.45) is 1.50. The molecule has 0 saturated carbocycles. The average Bonchev–Trinajstić information content (AvgIpc) is 2.38. The average molecular weight is 280 g/mol. The summed E-state index contributed by atoms with van der Waals surface area (Å²) in [5.74, 6) is 0.980. The molecule has 102 valence electrons. The fourth-order valence-electron chi connectivity index (χ4n) is 2.24. The van der Waals surface area contributed by atoms with Crippen molar-refractivity contribution in [3.8, 4) is 11.8 Å². The number of anilines is 1. The van der Waals surface area contributed by atoms with Gasteiger partial charge < -0.3 is 10.1 Å². The molecule has 5 nitrogen and oxygen atoms in total. The molecule has 19 heavy (non-hydrogen) atoms. The van der Waals surface area contributed by atoms with E-state index in [0.29, 0.717) is 17.7 Å². The quantitative estimate of drug-likeness (QED) is 0.909. The molecular weight excluding hydrogens is 264 g/mol. The number of nitrogens with zero attached hydrogens (tertiary/aromatic N) is 1. The predicted molar refractivity (Wildman–Crippen MR) is 73.0 cm³/mol. The number of methoxy groups -OCH3 is 1. The Morgan fingerprint density at radius 2 is 2.26 bits per heavy atom. The van der Waals surface area contributed by atoms with Crippen molar-refractivity contribution in [2.75, 3.05) is 23.9 Å². The smallest absolute Gasteiger partial charge is 0.152 e. The normalized spacial score (nSPS) is 21.4. The molecular formula is C13H16N2O3S. The zero-order valence-electron chi connectivity index (χ0n) is 10.7. The Morgan fingerprint density at radius 1 is 1.47 bits per heavy atom. The van der Waals surface area contributed by atoms with Crippen LogP contribution in [0.5, 0.6) is 5.75 Å². The fraction of sp³-hybridized carbons (Fsp3) is 0.462. The van der Waals surface area contributed by atoms with Crippen LogP contribution in [0.1, 0.15) is 18.4 Å². The van der Waals surface area contributed by atoms with Crippen molar-refractivity contribution in [3.63, 3.8) is 0 Å². The van der Waals surface area contributed by atoms with Gasteiger partial charge in [0.15, 0.2) is 9.84 Å². The topological polar surface area (TPSA) is 79.2 Å². The van der Waals surface area contributed by atoms with E-state index in [2.05, 4.69) is 5.32 Å². The number of benzene rings is 1. The lowest BCUT2D eigenvalue weighted by molar-refractivity contribution is 0.415. The van der Waals surface area contributed by atoms with Gasteiger partial charge in [0, 0.05) is 12.1 Å². The monoisotopic (exact) mass is 280 g/mol. The van der Waals surface area contributed by atoms with E-state index in [9.17, 15) is 8.42 Å². The molecule has 1 aliphatic rings. The first-order chi connectivity index (χ1) is 9.04. The van der Waals surface area contributed by atoms with E-state index in [1.54, 1.807) is 18.2 Å². The van der Waals surface area contributed by atoms with Gasteiger partial charge in [0.1, 0.15) is 5.75 Å². The van der Waals surface area contributed by atoms with Crippen LogP contribution < -0.4 is 10.1 Å². The third kappa shape index (κ3) is 3.38. The van der Waals surface area contributed by atoms with Gasteiger partial charge in [0.05, 0.1) is 35.9 Å². The number of hydrogen-bond acceptors (Lipinski definition) is 5. The fourth-order valence-corrected chi connectivity index (χ4v) is 3.87. The zero-order chi connectivity index (χ0) is 13.9. The van der Waals surface area contributed by atoms with Crippen LogP contribution >= 0.6 is 0 Å². The minimum Gasteiger partial charge on any atom is -0.495 e. The van der Waals surface area contributed by atoms with Crippen molar-refractivity contribution < 1.29 is 13.2 Å². The highest BCUT2D eigenvalue weighted by atomic mass is 32.2. The maximum Gasteiger partial charge on any atom is 0.152 e. The largest absolute Gasteiger partial charge is 0.495 e. The minimum absolute atomic E-state index is 0.0967. The van der Waals surface area contributed by atoms with Gasteiger partial charge in [-0.1, -0.05) is 0 Å². The Morgan fingerprint density at radius 3 is 2.89 bits per heavy atom. The predicted octanol–water partition coefficient (Wildman–Crippen LogP) is 1.56. The molecule has 0 radical (unpaired) electrons. The Kier molecular flexibility index (Phi) is 3.96. The van der Waals surface area contributed by atoms with Crippen LogP contribution in [-0.2, 0) is 9.84 Å². The number of hydrogen-bond donors (Lipinski definition) is 1. The van der Waals surface area contributed by atoms with Crippen molar-refractivity contribution in [2.45, 2.75) is 18.9 Å². The van der Waals surface area contributed by atoms with Crippen molar-refractivity contribution >= 4 is 15.5 Å². The van der Waals surface area contributed by atoms with Crippen molar-refractivity contribution in [1.82, 2.24) is 0 Å². The van der Waals surface area contributed by atoms with Gasteiger partial charge in [-0.2, -0.15) is 5.26 Å². The van der Waals surface area contributed by atoms with E-state index in [1.807, 2.05) is 6.07 Å². The first-order valence-corrected chi connectivity index (χ1v) is 7.91. The molecule has 1 N–H and O–H groups in total. The van der Waals surface area contributed by atoms with Crippen LogP contribution in [0.25, 0.3) is 0 Å². The highest BCUT2D eigenvalue weighted by Crippen LogP contribution is 2.27. The number of rotatable bonds is 3. The summed E-state index contributed by atoms with van der Waals surface area (Å²) in [5, 5.41) is 12.0. The van der Waals surface area contributed by atoms with Crippen LogP contribution in [0.15, 0.2) is 18.2 Å². The third-order valence-corrected chi connectivity index (χ3v) is 4.97.